The third-order valence-electron chi connectivity index (χ3n) is 6.71. The Bertz CT molecular complexity index is 1140. The summed E-state index contributed by atoms with van der Waals surface area (Å²) in [5.74, 6) is 0.614. The van der Waals surface area contributed by atoms with Gasteiger partial charge in [-0.2, -0.15) is 0 Å². The predicted octanol–water partition coefficient (Wildman–Crippen LogP) is 3.33. The molecule has 2 aromatic rings. The van der Waals surface area contributed by atoms with Crippen LogP contribution >= 0.6 is 0 Å². The Morgan fingerprint density at radius 3 is 2.57 bits per heavy atom. The van der Waals surface area contributed by atoms with E-state index in [1.165, 1.54) is 23.4 Å². The summed E-state index contributed by atoms with van der Waals surface area (Å²) in [4.78, 5) is 19.7. The highest BCUT2D eigenvalue weighted by Gasteiger charge is 2.35. The van der Waals surface area contributed by atoms with E-state index >= 15 is 0 Å². The Morgan fingerprint density at radius 2 is 1.94 bits per heavy atom. The Balaban J connectivity index is 1.40. The molecule has 3 heterocycles. The van der Waals surface area contributed by atoms with Crippen LogP contribution in [-0.4, -0.2) is 56.0 Å². The number of hydrogen-bond acceptors (Lipinski definition) is 7. The van der Waals surface area contributed by atoms with Gasteiger partial charge in [-0.25, -0.2) is 8.42 Å². The van der Waals surface area contributed by atoms with Gasteiger partial charge in [-0.15, -0.1) is 0 Å². The van der Waals surface area contributed by atoms with Crippen LogP contribution in [0.1, 0.15) is 60.9 Å². The zero-order valence-electron chi connectivity index (χ0n) is 20.9. The van der Waals surface area contributed by atoms with Crippen LogP contribution in [0, 0.1) is 11.8 Å². The minimum atomic E-state index is -3.29. The first kappa shape index (κ1) is 25.8. The minimum Gasteiger partial charge on any atom is -0.353 e. The second-order valence-electron chi connectivity index (χ2n) is 9.70. The van der Waals surface area contributed by atoms with Crippen molar-refractivity contribution >= 4 is 15.7 Å². The monoisotopic (exact) mass is 501 g/mol. The number of benzene rings is 1. The van der Waals surface area contributed by atoms with E-state index in [9.17, 15) is 13.2 Å². The molecule has 0 aliphatic carbocycles. The molecule has 1 aromatic heterocycles. The third kappa shape index (κ3) is 5.91. The molecule has 190 valence electrons. The largest absolute Gasteiger partial charge is 0.353 e. The van der Waals surface area contributed by atoms with E-state index in [1.807, 2.05) is 19.1 Å². The second-order valence-corrected chi connectivity index (χ2v) is 12.0. The van der Waals surface area contributed by atoms with Gasteiger partial charge in [0.2, 0.25) is 0 Å². The van der Waals surface area contributed by atoms with Crippen LogP contribution in [0.2, 0.25) is 0 Å². The van der Waals surface area contributed by atoms with Crippen molar-refractivity contribution in [1.29, 1.82) is 0 Å². The summed E-state index contributed by atoms with van der Waals surface area (Å²) in [6.45, 7) is 11.3. The number of carbonyl (C=O) groups is 1. The zero-order chi connectivity index (χ0) is 25.2. The van der Waals surface area contributed by atoms with Crippen molar-refractivity contribution in [2.24, 2.45) is 11.8 Å². The van der Waals surface area contributed by atoms with Crippen molar-refractivity contribution in [1.82, 2.24) is 15.2 Å². The third-order valence-corrected chi connectivity index (χ3v) is 8.43. The van der Waals surface area contributed by atoms with Gasteiger partial charge in [-0.1, -0.05) is 26.8 Å². The van der Waals surface area contributed by atoms with Gasteiger partial charge in [-0.05, 0) is 48.2 Å². The highest BCUT2D eigenvalue weighted by molar-refractivity contribution is 7.91. The van der Waals surface area contributed by atoms with E-state index < -0.39 is 9.84 Å². The molecule has 0 saturated carbocycles. The van der Waals surface area contributed by atoms with Gasteiger partial charge in [0.1, 0.15) is 0 Å². The van der Waals surface area contributed by atoms with Crippen molar-refractivity contribution in [2.75, 3.05) is 25.5 Å². The molecule has 9 heteroatoms. The van der Waals surface area contributed by atoms with Crippen molar-refractivity contribution in [3.63, 3.8) is 0 Å². The van der Waals surface area contributed by atoms with Gasteiger partial charge in [0.05, 0.1) is 36.1 Å². The van der Waals surface area contributed by atoms with E-state index in [-0.39, 0.29) is 29.4 Å². The number of hydrogen-bond donors (Lipinski definition) is 1. The molecule has 1 atom stereocenters. The highest BCUT2D eigenvalue weighted by Crippen LogP contribution is 2.39. The first-order valence-corrected chi connectivity index (χ1v) is 13.9. The molecule has 2 aliphatic rings. The molecule has 4 rings (SSSR count). The van der Waals surface area contributed by atoms with Gasteiger partial charge >= 0.3 is 0 Å². The fraction of sp³-hybridized carbons (Fsp3) is 0.538. The van der Waals surface area contributed by atoms with Crippen molar-refractivity contribution in [3.8, 4) is 0 Å². The second kappa shape index (κ2) is 10.7. The van der Waals surface area contributed by atoms with Gasteiger partial charge in [0, 0.05) is 36.8 Å². The number of carbonyl (C=O) groups excluding carboxylic acids is 1. The lowest BCUT2D eigenvalue weighted by atomic mass is 9.94. The van der Waals surface area contributed by atoms with Crippen molar-refractivity contribution in [2.45, 2.75) is 58.0 Å². The van der Waals surface area contributed by atoms with Crippen LogP contribution in [0.3, 0.4) is 0 Å². The van der Waals surface area contributed by atoms with Gasteiger partial charge in [0.15, 0.2) is 16.1 Å². The Morgan fingerprint density at radius 1 is 1.20 bits per heavy atom. The molecule has 0 unspecified atom stereocenters. The maximum absolute atomic E-state index is 12.9. The lowest BCUT2D eigenvalue weighted by Gasteiger charge is -2.34. The summed E-state index contributed by atoms with van der Waals surface area (Å²) in [6, 6.07) is 9.41. The number of rotatable bonds is 8. The van der Waals surface area contributed by atoms with Crippen molar-refractivity contribution in [3.05, 3.63) is 58.9 Å². The lowest BCUT2D eigenvalue weighted by Crippen LogP contribution is -2.39. The number of pyridine rings is 1. The van der Waals surface area contributed by atoms with Gasteiger partial charge in [0.25, 0.3) is 5.91 Å². The van der Waals surface area contributed by atoms with E-state index in [4.69, 9.17) is 9.47 Å². The van der Waals surface area contributed by atoms with Gasteiger partial charge < -0.3 is 14.8 Å². The maximum Gasteiger partial charge on any atom is 0.251 e. The molecule has 0 radical (unpaired) electrons. The summed E-state index contributed by atoms with van der Waals surface area (Å²) in [5, 5.41) is 2.90. The average Bonchev–Trinajstić information content (AvgIpc) is 3.21. The van der Waals surface area contributed by atoms with Crippen molar-refractivity contribution < 1.29 is 22.7 Å². The molecule has 35 heavy (non-hydrogen) atoms. The molecule has 0 bridgehead atoms. The molecular formula is C26H35N3O5S. The number of fused-ring (bicyclic) bond motifs is 1. The van der Waals surface area contributed by atoms with Crippen LogP contribution in [0.5, 0.6) is 0 Å². The topological polar surface area (TPSA) is 97.8 Å². The molecule has 1 aromatic carbocycles. The van der Waals surface area contributed by atoms with E-state index in [2.05, 4.69) is 35.1 Å². The van der Waals surface area contributed by atoms with Crippen LogP contribution in [-0.2, 0) is 32.4 Å². The molecule has 8 nitrogen and oxygen atoms in total. The standard InChI is InChI=1S/C26H35N3O5S/c1-5-35(31,32)23-8-7-22(27-12-23)11-28-26(30)20-6-9-24-21(10-20)14-29(25(24)17(2)3)13-19-15-33-18(4)34-16-19/h6-10,12,17-19,25H,5,11,13-16H2,1-4H3,(H,28,30)/t18-,19-,25-/m0/s1. The highest BCUT2D eigenvalue weighted by atomic mass is 32.2. The molecule has 0 spiro atoms. The quantitative estimate of drug-likeness (QED) is 0.593. The normalized spacial score (nSPS) is 22.8. The Labute approximate surface area is 207 Å². The number of aromatic nitrogens is 1. The summed E-state index contributed by atoms with van der Waals surface area (Å²) in [7, 11) is -3.29. The van der Waals surface area contributed by atoms with E-state index in [1.54, 1.807) is 13.0 Å². The minimum absolute atomic E-state index is 0.0274. The summed E-state index contributed by atoms with van der Waals surface area (Å²) >= 11 is 0. The molecule has 1 N–H and O–H groups in total. The lowest BCUT2D eigenvalue weighted by molar-refractivity contribution is -0.193. The SMILES string of the molecule is CCS(=O)(=O)c1ccc(CNC(=O)c2ccc3c(c2)CN(C[C@H]2CO[C@H](C)OC2)[C@H]3C(C)C)nc1. The number of nitrogens with zero attached hydrogens (tertiary/aromatic N) is 2. The number of ether oxygens (including phenoxy) is 2. The average molecular weight is 502 g/mol. The molecular weight excluding hydrogens is 466 g/mol. The first-order valence-electron chi connectivity index (χ1n) is 12.2. The zero-order valence-corrected chi connectivity index (χ0v) is 21.7. The van der Waals surface area contributed by atoms with E-state index in [0.717, 1.165) is 13.1 Å². The van der Waals surface area contributed by atoms with Gasteiger partial charge in [-0.3, -0.25) is 14.7 Å². The molecule has 1 amide bonds. The molecule has 1 saturated heterocycles. The molecule has 1 fully saturated rings. The van der Waals surface area contributed by atoms with Crippen LogP contribution < -0.4 is 5.32 Å². The fourth-order valence-electron chi connectivity index (χ4n) is 4.86. The smallest absolute Gasteiger partial charge is 0.251 e. The fourth-order valence-corrected chi connectivity index (χ4v) is 5.68. The Kier molecular flexibility index (Phi) is 7.90. The van der Waals surface area contributed by atoms with E-state index in [0.29, 0.717) is 42.3 Å². The van der Waals surface area contributed by atoms with Crippen LogP contribution in [0.4, 0.5) is 0 Å². The summed E-state index contributed by atoms with van der Waals surface area (Å²) in [5.41, 5.74) is 3.66. The Hall–Kier alpha value is -2.33. The molecule has 2 aliphatic heterocycles. The number of amides is 1. The summed E-state index contributed by atoms with van der Waals surface area (Å²) < 4.78 is 35.2. The number of nitrogens with one attached hydrogen (secondary N) is 1. The van der Waals surface area contributed by atoms with Crippen LogP contribution in [0.15, 0.2) is 41.4 Å². The summed E-state index contributed by atoms with van der Waals surface area (Å²) in [6.07, 6.45) is 1.21. The predicted molar refractivity (Wildman–Crippen MR) is 132 cm³/mol. The maximum atomic E-state index is 12.9. The number of sulfone groups is 1. The first-order chi connectivity index (χ1) is 16.7. The van der Waals surface area contributed by atoms with Crippen LogP contribution in [0.25, 0.3) is 0 Å².